The number of fused-ring (bicyclic) bond motifs is 4. The predicted octanol–water partition coefficient (Wildman–Crippen LogP) is 0.771. The van der Waals surface area contributed by atoms with Gasteiger partial charge in [0.25, 0.3) is 5.56 Å². The van der Waals surface area contributed by atoms with Crippen LogP contribution in [0.5, 0.6) is 0 Å². The van der Waals surface area contributed by atoms with Crippen LogP contribution in [0.2, 0.25) is 0 Å². The fourth-order valence-corrected chi connectivity index (χ4v) is 4.19. The summed E-state index contributed by atoms with van der Waals surface area (Å²) in [5.41, 5.74) is 6.35. The standard InChI is InChI=1S/C14H17N3O2S2/c15-12(18)8-21-14(20)16-5-9-4-10(7-16)11-2-1-3-13(19)17(11)6-9/h1-3,9-10H,4-8H2,(H2,15,18)/t9-,10-/m1/s1. The lowest BCUT2D eigenvalue weighted by molar-refractivity contribution is -0.115. The van der Waals surface area contributed by atoms with Gasteiger partial charge in [-0.2, -0.15) is 0 Å². The fraction of sp³-hybridized carbons (Fsp3) is 0.500. The Hall–Kier alpha value is -1.34. The van der Waals surface area contributed by atoms with Crippen molar-refractivity contribution in [2.24, 2.45) is 11.7 Å². The number of carbonyl (C=O) groups is 1. The Balaban J connectivity index is 1.77. The third-order valence-corrected chi connectivity index (χ3v) is 5.62. The van der Waals surface area contributed by atoms with Crippen LogP contribution in [-0.2, 0) is 11.3 Å². The largest absolute Gasteiger partial charge is 0.369 e. The molecule has 0 aromatic carbocycles. The molecule has 0 aliphatic carbocycles. The summed E-state index contributed by atoms with van der Waals surface area (Å²) in [6.45, 7) is 2.41. The van der Waals surface area contributed by atoms with Crippen LogP contribution in [-0.4, -0.2) is 38.5 Å². The first kappa shape index (κ1) is 14.6. The SMILES string of the molecule is NC(=O)CSC(=S)N1C[C@H]2C[C@H](C1)c1cccc(=O)n1C2. The van der Waals surface area contributed by atoms with E-state index in [1.54, 1.807) is 6.07 Å². The van der Waals surface area contributed by atoms with E-state index in [1.165, 1.54) is 11.8 Å². The molecule has 2 aliphatic heterocycles. The van der Waals surface area contributed by atoms with Gasteiger partial charge >= 0.3 is 0 Å². The Morgan fingerprint density at radius 1 is 1.38 bits per heavy atom. The van der Waals surface area contributed by atoms with Crippen LogP contribution < -0.4 is 11.3 Å². The molecule has 2 atom stereocenters. The zero-order valence-electron chi connectivity index (χ0n) is 11.5. The molecule has 0 radical (unpaired) electrons. The number of nitrogens with two attached hydrogens (primary N) is 1. The zero-order chi connectivity index (χ0) is 15.0. The Morgan fingerprint density at radius 2 is 2.19 bits per heavy atom. The van der Waals surface area contributed by atoms with Gasteiger partial charge in [-0.25, -0.2) is 0 Å². The fourth-order valence-electron chi connectivity index (χ4n) is 3.27. The number of likely N-dealkylation sites (tertiary alicyclic amines) is 1. The number of amides is 1. The maximum absolute atomic E-state index is 12.0. The molecule has 2 bridgehead atoms. The van der Waals surface area contributed by atoms with E-state index in [0.29, 0.717) is 11.8 Å². The van der Waals surface area contributed by atoms with E-state index >= 15 is 0 Å². The average Bonchev–Trinajstić information content (AvgIpc) is 2.45. The molecule has 21 heavy (non-hydrogen) atoms. The van der Waals surface area contributed by atoms with Crippen molar-refractivity contribution in [3.8, 4) is 0 Å². The van der Waals surface area contributed by atoms with Gasteiger partial charge in [0.05, 0.1) is 5.75 Å². The summed E-state index contributed by atoms with van der Waals surface area (Å²) in [5.74, 6) is 0.638. The molecule has 1 amide bonds. The summed E-state index contributed by atoms with van der Waals surface area (Å²) in [4.78, 5) is 25.0. The van der Waals surface area contributed by atoms with Crippen LogP contribution in [0, 0.1) is 5.92 Å². The second-order valence-corrected chi connectivity index (χ2v) is 7.23. The van der Waals surface area contributed by atoms with Gasteiger partial charge in [-0.15, -0.1) is 0 Å². The Bertz CT molecular complexity index is 643. The molecule has 7 heteroatoms. The van der Waals surface area contributed by atoms with Crippen molar-refractivity contribution in [1.82, 2.24) is 9.47 Å². The smallest absolute Gasteiger partial charge is 0.250 e. The first-order valence-corrected chi connectivity index (χ1v) is 8.33. The molecule has 1 fully saturated rings. The number of nitrogens with zero attached hydrogens (tertiary/aromatic N) is 2. The van der Waals surface area contributed by atoms with Gasteiger partial charge in [-0.3, -0.25) is 9.59 Å². The molecule has 2 N–H and O–H groups in total. The van der Waals surface area contributed by atoms with Crippen molar-refractivity contribution in [3.63, 3.8) is 0 Å². The zero-order valence-corrected chi connectivity index (χ0v) is 13.2. The minimum Gasteiger partial charge on any atom is -0.369 e. The molecule has 1 aromatic rings. The normalized spacial score (nSPS) is 23.5. The number of primary amides is 1. The van der Waals surface area contributed by atoms with Crippen LogP contribution >= 0.6 is 24.0 Å². The summed E-state index contributed by atoms with van der Waals surface area (Å²) >= 11 is 6.74. The van der Waals surface area contributed by atoms with E-state index in [2.05, 4.69) is 4.90 Å². The highest BCUT2D eigenvalue weighted by atomic mass is 32.2. The van der Waals surface area contributed by atoms with Gasteiger partial charge in [0.15, 0.2) is 0 Å². The monoisotopic (exact) mass is 323 g/mol. The van der Waals surface area contributed by atoms with Crippen molar-refractivity contribution in [2.75, 3.05) is 18.8 Å². The van der Waals surface area contributed by atoms with Crippen molar-refractivity contribution in [3.05, 3.63) is 34.2 Å². The third kappa shape index (κ3) is 2.98. The first-order chi connectivity index (χ1) is 10.0. The highest BCUT2D eigenvalue weighted by molar-refractivity contribution is 8.23. The molecule has 112 valence electrons. The van der Waals surface area contributed by atoms with Gasteiger partial charge < -0.3 is 15.2 Å². The van der Waals surface area contributed by atoms with E-state index in [0.717, 1.165) is 36.1 Å². The second kappa shape index (κ2) is 5.81. The number of rotatable bonds is 2. The number of hydrogen-bond acceptors (Lipinski definition) is 4. The topological polar surface area (TPSA) is 68.3 Å². The highest BCUT2D eigenvalue weighted by Crippen LogP contribution is 2.35. The summed E-state index contributed by atoms with van der Waals surface area (Å²) in [5, 5.41) is 0. The molecule has 0 saturated carbocycles. The van der Waals surface area contributed by atoms with Crippen LogP contribution in [0.25, 0.3) is 0 Å². The van der Waals surface area contributed by atoms with Gasteiger partial charge in [0.1, 0.15) is 4.32 Å². The molecular weight excluding hydrogens is 306 g/mol. The second-order valence-electron chi connectivity index (χ2n) is 5.62. The number of hydrogen-bond donors (Lipinski definition) is 1. The highest BCUT2D eigenvalue weighted by Gasteiger charge is 2.35. The van der Waals surface area contributed by atoms with Gasteiger partial charge in [-0.1, -0.05) is 30.0 Å². The van der Waals surface area contributed by atoms with Crippen LogP contribution in [0.3, 0.4) is 0 Å². The molecular formula is C14H17N3O2S2. The molecule has 2 aliphatic rings. The molecule has 0 spiro atoms. The maximum atomic E-state index is 12.0. The summed E-state index contributed by atoms with van der Waals surface area (Å²) in [7, 11) is 0. The van der Waals surface area contributed by atoms with Crippen LogP contribution in [0.1, 0.15) is 18.0 Å². The van der Waals surface area contributed by atoms with Crippen molar-refractivity contribution in [1.29, 1.82) is 0 Å². The van der Waals surface area contributed by atoms with Gasteiger partial charge in [-0.05, 0) is 18.4 Å². The van der Waals surface area contributed by atoms with E-state index in [-0.39, 0.29) is 17.2 Å². The molecule has 3 heterocycles. The lowest BCUT2D eigenvalue weighted by atomic mass is 9.83. The first-order valence-electron chi connectivity index (χ1n) is 6.94. The summed E-state index contributed by atoms with van der Waals surface area (Å²) in [6, 6.07) is 5.48. The van der Waals surface area contributed by atoms with Gasteiger partial charge in [0.2, 0.25) is 5.91 Å². The number of thiocarbonyl (C=S) groups is 1. The molecule has 1 saturated heterocycles. The number of thioether (sulfide) groups is 1. The number of pyridine rings is 1. The van der Waals surface area contributed by atoms with E-state index in [1.807, 2.05) is 16.7 Å². The Labute approximate surface area is 132 Å². The van der Waals surface area contributed by atoms with Crippen LogP contribution in [0.4, 0.5) is 0 Å². The lowest BCUT2D eigenvalue weighted by Crippen LogP contribution is -2.48. The van der Waals surface area contributed by atoms with Gasteiger partial charge in [0, 0.05) is 37.3 Å². The number of carbonyl (C=O) groups excluding carboxylic acids is 1. The number of aromatic nitrogens is 1. The van der Waals surface area contributed by atoms with E-state index in [4.69, 9.17) is 18.0 Å². The molecule has 0 unspecified atom stereocenters. The van der Waals surface area contributed by atoms with Crippen molar-refractivity contribution >= 4 is 34.2 Å². The Morgan fingerprint density at radius 3 is 2.95 bits per heavy atom. The van der Waals surface area contributed by atoms with E-state index < -0.39 is 0 Å². The predicted molar refractivity (Wildman–Crippen MR) is 87.4 cm³/mol. The lowest BCUT2D eigenvalue weighted by Gasteiger charge is -2.43. The maximum Gasteiger partial charge on any atom is 0.250 e. The average molecular weight is 323 g/mol. The summed E-state index contributed by atoms with van der Waals surface area (Å²) < 4.78 is 2.63. The van der Waals surface area contributed by atoms with E-state index in [9.17, 15) is 9.59 Å². The molecule has 3 rings (SSSR count). The number of piperidine rings is 1. The molecule has 1 aromatic heterocycles. The van der Waals surface area contributed by atoms with Crippen molar-refractivity contribution < 1.29 is 4.79 Å². The van der Waals surface area contributed by atoms with Crippen LogP contribution in [0.15, 0.2) is 23.0 Å². The quantitative estimate of drug-likeness (QED) is 0.814. The Kier molecular flexibility index (Phi) is 4.03. The third-order valence-electron chi connectivity index (χ3n) is 4.08. The minimum atomic E-state index is -0.351. The molecule has 5 nitrogen and oxygen atoms in total. The summed E-state index contributed by atoms with van der Waals surface area (Å²) in [6.07, 6.45) is 1.10. The van der Waals surface area contributed by atoms with Crippen molar-refractivity contribution in [2.45, 2.75) is 18.9 Å². The minimum absolute atomic E-state index is 0.0846.